The van der Waals surface area contributed by atoms with Crippen LogP contribution in [-0.4, -0.2) is 57.3 Å². The predicted octanol–water partition coefficient (Wildman–Crippen LogP) is 1.35. The van der Waals surface area contributed by atoms with E-state index in [9.17, 15) is 4.79 Å². The summed E-state index contributed by atoms with van der Waals surface area (Å²) in [4.78, 5) is 23.6. The van der Waals surface area contributed by atoms with E-state index in [1.165, 1.54) is 0 Å². The van der Waals surface area contributed by atoms with Gasteiger partial charge in [0, 0.05) is 43.5 Å². The lowest BCUT2D eigenvalue weighted by molar-refractivity contribution is -0.129. The van der Waals surface area contributed by atoms with Gasteiger partial charge in [-0.2, -0.15) is 5.10 Å². The van der Waals surface area contributed by atoms with E-state index in [1.807, 2.05) is 33.8 Å². The van der Waals surface area contributed by atoms with Crippen molar-refractivity contribution in [2.75, 3.05) is 26.7 Å². The minimum absolute atomic E-state index is 0.101. The monoisotopic (exact) mass is 380 g/mol. The SMILES string of the molecule is COc1ccccc1CC(=O)N1CC[C@@H](c2nn(CCN)c3nccnc23)C1. The number of amides is 1. The third-order valence-corrected chi connectivity index (χ3v) is 5.20. The summed E-state index contributed by atoms with van der Waals surface area (Å²) in [6, 6.07) is 7.64. The first kappa shape index (κ1) is 18.4. The average Bonchev–Trinajstić information content (AvgIpc) is 3.34. The van der Waals surface area contributed by atoms with Gasteiger partial charge in [0.25, 0.3) is 0 Å². The molecule has 146 valence electrons. The molecule has 8 nitrogen and oxygen atoms in total. The molecule has 0 saturated carbocycles. The Hall–Kier alpha value is -3.00. The van der Waals surface area contributed by atoms with Crippen molar-refractivity contribution in [3.63, 3.8) is 0 Å². The lowest BCUT2D eigenvalue weighted by Gasteiger charge is -2.17. The van der Waals surface area contributed by atoms with Gasteiger partial charge in [-0.15, -0.1) is 0 Å². The van der Waals surface area contributed by atoms with E-state index in [4.69, 9.17) is 15.6 Å². The third kappa shape index (κ3) is 3.43. The Kier molecular flexibility index (Phi) is 5.21. The molecule has 0 aliphatic carbocycles. The Morgan fingerprint density at radius 1 is 1.29 bits per heavy atom. The number of methoxy groups -OCH3 is 1. The molecule has 8 heteroatoms. The first-order valence-electron chi connectivity index (χ1n) is 9.48. The molecular formula is C20H24N6O2. The number of hydrogen-bond acceptors (Lipinski definition) is 6. The molecule has 3 aromatic rings. The normalized spacial score (nSPS) is 16.6. The summed E-state index contributed by atoms with van der Waals surface area (Å²) >= 11 is 0. The van der Waals surface area contributed by atoms with Gasteiger partial charge in [-0.05, 0) is 12.5 Å². The van der Waals surface area contributed by atoms with Crippen LogP contribution < -0.4 is 10.5 Å². The topological polar surface area (TPSA) is 99.2 Å². The van der Waals surface area contributed by atoms with Crippen molar-refractivity contribution in [2.24, 2.45) is 5.73 Å². The quantitative estimate of drug-likeness (QED) is 0.693. The number of fused-ring (bicyclic) bond motifs is 1. The maximum atomic E-state index is 12.8. The number of likely N-dealkylation sites (tertiary alicyclic amines) is 1. The lowest BCUT2D eigenvalue weighted by atomic mass is 10.0. The highest BCUT2D eigenvalue weighted by Crippen LogP contribution is 2.31. The number of rotatable bonds is 6. The molecule has 1 aliphatic heterocycles. The van der Waals surface area contributed by atoms with Crippen LogP contribution in [-0.2, 0) is 17.8 Å². The smallest absolute Gasteiger partial charge is 0.227 e. The zero-order valence-electron chi connectivity index (χ0n) is 15.9. The van der Waals surface area contributed by atoms with Crippen LogP contribution in [0.5, 0.6) is 5.75 Å². The largest absolute Gasteiger partial charge is 0.496 e. The highest BCUT2D eigenvalue weighted by Gasteiger charge is 2.31. The highest BCUT2D eigenvalue weighted by atomic mass is 16.5. The van der Waals surface area contributed by atoms with Crippen LogP contribution in [0.25, 0.3) is 11.2 Å². The van der Waals surface area contributed by atoms with Crippen LogP contribution in [0.4, 0.5) is 0 Å². The first-order valence-corrected chi connectivity index (χ1v) is 9.48. The van der Waals surface area contributed by atoms with E-state index < -0.39 is 0 Å². The maximum absolute atomic E-state index is 12.8. The van der Waals surface area contributed by atoms with Gasteiger partial charge in [-0.3, -0.25) is 4.79 Å². The summed E-state index contributed by atoms with van der Waals surface area (Å²) in [6.07, 6.45) is 4.54. The molecule has 1 atom stereocenters. The maximum Gasteiger partial charge on any atom is 0.227 e. The van der Waals surface area contributed by atoms with Crippen LogP contribution in [0, 0.1) is 0 Å². The van der Waals surface area contributed by atoms with Gasteiger partial charge >= 0.3 is 0 Å². The third-order valence-electron chi connectivity index (χ3n) is 5.20. The van der Waals surface area contributed by atoms with Crippen molar-refractivity contribution in [1.82, 2.24) is 24.6 Å². The Balaban J connectivity index is 1.51. The number of nitrogens with two attached hydrogens (primary N) is 1. The molecule has 4 rings (SSSR count). The number of para-hydroxylation sites is 1. The molecule has 0 spiro atoms. The van der Waals surface area contributed by atoms with Crippen molar-refractivity contribution in [2.45, 2.75) is 25.3 Å². The summed E-state index contributed by atoms with van der Waals surface area (Å²) in [5.41, 5.74) is 9.07. The molecule has 1 aromatic carbocycles. The Labute approximate surface area is 163 Å². The van der Waals surface area contributed by atoms with E-state index in [-0.39, 0.29) is 11.8 Å². The van der Waals surface area contributed by atoms with Gasteiger partial charge in [0.05, 0.1) is 25.8 Å². The van der Waals surface area contributed by atoms with Crippen LogP contribution in [0.15, 0.2) is 36.7 Å². The zero-order valence-corrected chi connectivity index (χ0v) is 15.9. The van der Waals surface area contributed by atoms with Gasteiger partial charge in [0.1, 0.15) is 11.3 Å². The lowest BCUT2D eigenvalue weighted by Crippen LogP contribution is -2.30. The Morgan fingerprint density at radius 2 is 2.11 bits per heavy atom. The molecular weight excluding hydrogens is 356 g/mol. The van der Waals surface area contributed by atoms with Gasteiger partial charge < -0.3 is 15.4 Å². The number of hydrogen-bond donors (Lipinski definition) is 1. The minimum Gasteiger partial charge on any atom is -0.496 e. The molecule has 1 fully saturated rings. The molecule has 0 bridgehead atoms. The number of benzene rings is 1. The Bertz CT molecular complexity index is 986. The summed E-state index contributed by atoms with van der Waals surface area (Å²) in [5.74, 6) is 0.997. The zero-order chi connectivity index (χ0) is 19.5. The predicted molar refractivity (Wildman–Crippen MR) is 105 cm³/mol. The second kappa shape index (κ2) is 7.93. The van der Waals surface area contributed by atoms with Gasteiger partial charge in [0.2, 0.25) is 5.91 Å². The fourth-order valence-corrected chi connectivity index (χ4v) is 3.81. The van der Waals surface area contributed by atoms with Gasteiger partial charge in [-0.25, -0.2) is 14.6 Å². The molecule has 28 heavy (non-hydrogen) atoms. The molecule has 2 N–H and O–H groups in total. The van der Waals surface area contributed by atoms with E-state index in [0.29, 0.717) is 32.6 Å². The molecule has 2 aromatic heterocycles. The van der Waals surface area contributed by atoms with Crippen LogP contribution in [0.3, 0.4) is 0 Å². The number of aromatic nitrogens is 4. The summed E-state index contributed by atoms with van der Waals surface area (Å²) < 4.78 is 7.18. The van der Waals surface area contributed by atoms with Crippen molar-refractivity contribution >= 4 is 17.1 Å². The van der Waals surface area contributed by atoms with Crippen molar-refractivity contribution < 1.29 is 9.53 Å². The standard InChI is InChI=1S/C20H24N6O2/c1-28-16-5-3-2-4-14(16)12-17(27)25-10-6-15(13-25)18-19-20(23-9-8-22-19)26(24-18)11-7-21/h2-5,8-9,15H,6-7,10-13,21H2,1H3/t15-/m1/s1. The fraction of sp³-hybridized carbons (Fsp3) is 0.400. The second-order valence-corrected chi connectivity index (χ2v) is 6.94. The van der Waals surface area contributed by atoms with Gasteiger partial charge in [-0.1, -0.05) is 18.2 Å². The van der Waals surface area contributed by atoms with Crippen LogP contribution in [0.1, 0.15) is 23.6 Å². The average molecular weight is 380 g/mol. The fourth-order valence-electron chi connectivity index (χ4n) is 3.81. The van der Waals surface area contributed by atoms with E-state index in [0.717, 1.165) is 34.6 Å². The molecule has 3 heterocycles. The van der Waals surface area contributed by atoms with E-state index in [1.54, 1.807) is 19.5 Å². The molecule has 0 radical (unpaired) electrons. The molecule has 1 amide bonds. The van der Waals surface area contributed by atoms with Crippen molar-refractivity contribution in [3.8, 4) is 5.75 Å². The second-order valence-electron chi connectivity index (χ2n) is 6.94. The summed E-state index contributed by atoms with van der Waals surface area (Å²) in [5, 5.41) is 4.72. The van der Waals surface area contributed by atoms with Crippen LogP contribution in [0.2, 0.25) is 0 Å². The summed E-state index contributed by atoms with van der Waals surface area (Å²) in [6.45, 7) is 2.43. The van der Waals surface area contributed by atoms with Crippen molar-refractivity contribution in [3.05, 3.63) is 47.9 Å². The van der Waals surface area contributed by atoms with Crippen LogP contribution >= 0.6 is 0 Å². The van der Waals surface area contributed by atoms with E-state index in [2.05, 4.69) is 9.97 Å². The minimum atomic E-state index is 0.101. The molecule has 1 saturated heterocycles. The van der Waals surface area contributed by atoms with E-state index >= 15 is 0 Å². The number of carbonyl (C=O) groups is 1. The molecule has 0 unspecified atom stereocenters. The Morgan fingerprint density at radius 3 is 2.93 bits per heavy atom. The summed E-state index contributed by atoms with van der Waals surface area (Å²) in [7, 11) is 1.62. The number of nitrogens with zero attached hydrogens (tertiary/aromatic N) is 5. The van der Waals surface area contributed by atoms with Gasteiger partial charge in [0.15, 0.2) is 5.65 Å². The number of carbonyl (C=O) groups excluding carboxylic acids is 1. The highest BCUT2D eigenvalue weighted by molar-refractivity contribution is 5.80. The molecule has 1 aliphatic rings. The van der Waals surface area contributed by atoms with Crippen molar-refractivity contribution in [1.29, 1.82) is 0 Å². The first-order chi connectivity index (χ1) is 13.7. The number of ether oxygens (including phenoxy) is 1.